The van der Waals surface area contributed by atoms with Crippen molar-refractivity contribution in [2.75, 3.05) is 26.7 Å². The maximum absolute atomic E-state index is 13.2. The van der Waals surface area contributed by atoms with E-state index in [0.717, 1.165) is 28.3 Å². The van der Waals surface area contributed by atoms with Crippen LogP contribution in [0.25, 0.3) is 10.2 Å². The normalized spacial score (nSPS) is 21.2. The number of benzene rings is 2. The molecule has 2 aliphatic heterocycles. The first-order valence-corrected chi connectivity index (χ1v) is 12.1. The number of carbonyl (C=O) groups is 3. The molecule has 176 valence electrons. The molecule has 9 heteroatoms. The Balaban J connectivity index is 1.23. The molecule has 3 heterocycles. The van der Waals surface area contributed by atoms with E-state index >= 15 is 0 Å². The molecule has 1 N–H and O–H groups in total. The number of para-hydroxylation sites is 1. The Hall–Kier alpha value is -3.46. The van der Waals surface area contributed by atoms with Crippen LogP contribution in [0.1, 0.15) is 36.3 Å². The molecule has 5 rings (SSSR count). The predicted octanol–water partition coefficient (Wildman–Crippen LogP) is 3.48. The third-order valence-electron chi connectivity index (χ3n) is 6.72. The summed E-state index contributed by atoms with van der Waals surface area (Å²) in [7, 11) is 1.54. The van der Waals surface area contributed by atoms with Gasteiger partial charge in [-0.15, -0.1) is 11.3 Å². The number of aromatic nitrogens is 1. The highest BCUT2D eigenvalue weighted by molar-refractivity contribution is 7.18. The smallest absolute Gasteiger partial charge is 0.325 e. The van der Waals surface area contributed by atoms with Crippen LogP contribution in [0.5, 0.6) is 5.75 Å². The first-order chi connectivity index (χ1) is 16.4. The lowest BCUT2D eigenvalue weighted by molar-refractivity contribution is -0.139. The fourth-order valence-electron chi connectivity index (χ4n) is 4.65. The number of carbonyl (C=O) groups excluding carboxylic acids is 3. The number of urea groups is 1. The second-order valence-corrected chi connectivity index (χ2v) is 9.92. The summed E-state index contributed by atoms with van der Waals surface area (Å²) in [6.07, 6.45) is 1.63. The molecule has 0 aliphatic carbocycles. The van der Waals surface area contributed by atoms with Gasteiger partial charge in [0.05, 0.1) is 22.3 Å². The van der Waals surface area contributed by atoms with Crippen LogP contribution in [-0.2, 0) is 15.1 Å². The number of thiazole rings is 1. The number of ether oxygens (including phenoxy) is 1. The first-order valence-electron chi connectivity index (χ1n) is 11.3. The highest BCUT2D eigenvalue weighted by Gasteiger charge is 2.50. The topological polar surface area (TPSA) is 91.8 Å². The summed E-state index contributed by atoms with van der Waals surface area (Å²) in [4.78, 5) is 46.4. The third kappa shape index (κ3) is 3.90. The molecule has 0 saturated carbocycles. The number of amides is 4. The van der Waals surface area contributed by atoms with E-state index in [1.165, 1.54) is 4.70 Å². The van der Waals surface area contributed by atoms with Crippen LogP contribution in [0.3, 0.4) is 0 Å². The van der Waals surface area contributed by atoms with Gasteiger partial charge >= 0.3 is 6.03 Å². The number of piperidine rings is 1. The second-order valence-electron chi connectivity index (χ2n) is 8.85. The van der Waals surface area contributed by atoms with E-state index in [0.29, 0.717) is 30.3 Å². The lowest BCUT2D eigenvalue weighted by Gasteiger charge is -2.32. The van der Waals surface area contributed by atoms with Crippen LogP contribution in [-0.4, -0.2) is 59.4 Å². The van der Waals surface area contributed by atoms with Crippen molar-refractivity contribution in [1.82, 2.24) is 20.1 Å². The van der Waals surface area contributed by atoms with Crippen molar-refractivity contribution in [3.63, 3.8) is 0 Å². The maximum Gasteiger partial charge on any atom is 0.325 e. The monoisotopic (exact) mass is 478 g/mol. The Morgan fingerprint density at radius 1 is 1.18 bits per heavy atom. The molecule has 0 bridgehead atoms. The first kappa shape index (κ1) is 22.3. The van der Waals surface area contributed by atoms with E-state index in [1.54, 1.807) is 54.5 Å². The SMILES string of the molecule is COc1cccc(C2(C)NC(=O)N(CC(=O)N3CCC(c4nc5ccccc5s4)CC3)C2=O)c1. The molecule has 2 aromatic carbocycles. The molecular weight excluding hydrogens is 452 g/mol. The Morgan fingerprint density at radius 2 is 1.94 bits per heavy atom. The molecule has 3 aromatic rings. The van der Waals surface area contributed by atoms with Crippen molar-refractivity contribution in [1.29, 1.82) is 0 Å². The Bertz CT molecular complexity index is 1230. The Morgan fingerprint density at radius 3 is 2.68 bits per heavy atom. The van der Waals surface area contributed by atoms with Gasteiger partial charge < -0.3 is 15.0 Å². The van der Waals surface area contributed by atoms with Crippen LogP contribution in [0.15, 0.2) is 48.5 Å². The fourth-order valence-corrected chi connectivity index (χ4v) is 5.78. The number of nitrogens with one attached hydrogen (secondary N) is 1. The molecule has 4 amide bonds. The average Bonchev–Trinajstić information content (AvgIpc) is 3.39. The lowest BCUT2D eigenvalue weighted by Crippen LogP contribution is -2.46. The molecular formula is C25H26N4O4S. The number of nitrogens with zero attached hydrogens (tertiary/aromatic N) is 3. The van der Waals surface area contributed by atoms with Gasteiger partial charge in [0.2, 0.25) is 5.91 Å². The summed E-state index contributed by atoms with van der Waals surface area (Å²) in [6.45, 7) is 2.54. The summed E-state index contributed by atoms with van der Waals surface area (Å²) < 4.78 is 6.42. The van der Waals surface area contributed by atoms with Gasteiger partial charge in [0, 0.05) is 19.0 Å². The minimum Gasteiger partial charge on any atom is -0.497 e. The Labute approximate surface area is 201 Å². The summed E-state index contributed by atoms with van der Waals surface area (Å²) in [5.74, 6) is 0.241. The van der Waals surface area contributed by atoms with Crippen LogP contribution in [0.2, 0.25) is 0 Å². The van der Waals surface area contributed by atoms with E-state index in [9.17, 15) is 14.4 Å². The van der Waals surface area contributed by atoms with Crippen LogP contribution in [0, 0.1) is 0 Å². The summed E-state index contributed by atoms with van der Waals surface area (Å²) in [5.41, 5.74) is 0.376. The van der Waals surface area contributed by atoms with Gasteiger partial charge in [0.25, 0.3) is 5.91 Å². The van der Waals surface area contributed by atoms with Crippen molar-refractivity contribution in [2.24, 2.45) is 0 Å². The lowest BCUT2D eigenvalue weighted by atomic mass is 9.92. The molecule has 1 atom stereocenters. The zero-order chi connectivity index (χ0) is 23.9. The van der Waals surface area contributed by atoms with Gasteiger partial charge in [0.15, 0.2) is 0 Å². The van der Waals surface area contributed by atoms with Crippen molar-refractivity contribution in [3.05, 3.63) is 59.1 Å². The number of hydrogen-bond donors (Lipinski definition) is 1. The van der Waals surface area contributed by atoms with E-state index in [-0.39, 0.29) is 12.5 Å². The van der Waals surface area contributed by atoms with Gasteiger partial charge in [-0.05, 0) is 49.6 Å². The summed E-state index contributed by atoms with van der Waals surface area (Å²) in [6, 6.07) is 14.6. The van der Waals surface area contributed by atoms with Gasteiger partial charge in [0.1, 0.15) is 17.8 Å². The minimum absolute atomic E-state index is 0.221. The number of hydrogen-bond acceptors (Lipinski definition) is 6. The molecule has 2 aliphatic rings. The largest absolute Gasteiger partial charge is 0.497 e. The van der Waals surface area contributed by atoms with E-state index < -0.39 is 17.5 Å². The fraction of sp³-hybridized carbons (Fsp3) is 0.360. The molecule has 0 radical (unpaired) electrons. The number of rotatable bonds is 5. The number of likely N-dealkylation sites (tertiary alicyclic amines) is 1. The summed E-state index contributed by atoms with van der Waals surface area (Å²) >= 11 is 1.71. The average molecular weight is 479 g/mol. The molecule has 2 fully saturated rings. The minimum atomic E-state index is -1.24. The molecule has 2 saturated heterocycles. The summed E-state index contributed by atoms with van der Waals surface area (Å²) in [5, 5.41) is 3.86. The third-order valence-corrected chi connectivity index (χ3v) is 7.92. The van der Waals surface area contributed by atoms with Crippen molar-refractivity contribution < 1.29 is 19.1 Å². The van der Waals surface area contributed by atoms with Crippen molar-refractivity contribution in [3.8, 4) is 5.75 Å². The molecule has 1 aromatic heterocycles. The van der Waals surface area contributed by atoms with E-state index in [2.05, 4.69) is 11.4 Å². The van der Waals surface area contributed by atoms with Crippen LogP contribution in [0.4, 0.5) is 4.79 Å². The van der Waals surface area contributed by atoms with Crippen molar-refractivity contribution in [2.45, 2.75) is 31.2 Å². The highest BCUT2D eigenvalue weighted by atomic mass is 32.1. The molecule has 8 nitrogen and oxygen atoms in total. The standard InChI is InChI=1S/C25H26N4O4S/c1-25(17-6-5-7-18(14-17)33-2)23(31)29(24(32)27-25)15-21(30)28-12-10-16(11-13-28)22-26-19-8-3-4-9-20(19)34-22/h3-9,14,16H,10-13,15H2,1-2H3,(H,27,32). The zero-order valence-electron chi connectivity index (χ0n) is 19.1. The van der Waals surface area contributed by atoms with Crippen LogP contribution >= 0.6 is 11.3 Å². The van der Waals surface area contributed by atoms with Gasteiger partial charge in [-0.1, -0.05) is 24.3 Å². The molecule has 1 unspecified atom stereocenters. The van der Waals surface area contributed by atoms with Gasteiger partial charge in [-0.25, -0.2) is 9.78 Å². The van der Waals surface area contributed by atoms with E-state index in [4.69, 9.17) is 9.72 Å². The van der Waals surface area contributed by atoms with Crippen molar-refractivity contribution >= 4 is 39.4 Å². The predicted molar refractivity (Wildman–Crippen MR) is 129 cm³/mol. The van der Waals surface area contributed by atoms with Crippen LogP contribution < -0.4 is 10.1 Å². The quantitative estimate of drug-likeness (QED) is 0.567. The maximum atomic E-state index is 13.2. The second kappa shape index (κ2) is 8.72. The molecule has 0 spiro atoms. The number of methoxy groups -OCH3 is 1. The molecule has 34 heavy (non-hydrogen) atoms. The number of fused-ring (bicyclic) bond motifs is 1. The van der Waals surface area contributed by atoms with Gasteiger partial charge in [-0.2, -0.15) is 0 Å². The Kier molecular flexibility index (Phi) is 5.73. The van der Waals surface area contributed by atoms with E-state index in [1.807, 2.05) is 18.2 Å². The zero-order valence-corrected chi connectivity index (χ0v) is 19.9. The highest BCUT2D eigenvalue weighted by Crippen LogP contribution is 2.34. The van der Waals surface area contributed by atoms with Gasteiger partial charge in [-0.3, -0.25) is 14.5 Å². The number of imide groups is 1.